The van der Waals surface area contributed by atoms with Crippen molar-refractivity contribution in [3.8, 4) is 5.75 Å². The molecule has 1 aromatic rings. The van der Waals surface area contributed by atoms with Crippen LogP contribution < -0.4 is 10.1 Å². The Bertz CT molecular complexity index is 610. The maximum atomic E-state index is 12.4. The first-order valence-electron chi connectivity index (χ1n) is 6.25. The third kappa shape index (κ3) is 4.48. The second kappa shape index (κ2) is 7.03. The average molecular weight is 361 g/mol. The molecular weight excluding hydrogens is 345 g/mol. The highest BCUT2D eigenvalue weighted by Crippen LogP contribution is 2.27. The third-order valence-electron chi connectivity index (χ3n) is 3.24. The van der Waals surface area contributed by atoms with Gasteiger partial charge in [0.25, 0.3) is 0 Å². The minimum Gasteiger partial charge on any atom is -0.406 e. The predicted molar refractivity (Wildman–Crippen MR) is 76.6 cm³/mol. The van der Waals surface area contributed by atoms with E-state index in [-0.39, 0.29) is 23.3 Å². The Morgan fingerprint density at radius 1 is 1.36 bits per heavy atom. The number of nitrogens with one attached hydrogen (secondary N) is 1. The number of sulfonamides is 1. The maximum Gasteiger partial charge on any atom is 0.573 e. The number of hydrogen-bond acceptors (Lipinski definition) is 4. The molecule has 1 fully saturated rings. The van der Waals surface area contributed by atoms with Gasteiger partial charge in [-0.05, 0) is 25.6 Å². The van der Waals surface area contributed by atoms with E-state index in [1.54, 1.807) is 7.05 Å². The fourth-order valence-corrected chi connectivity index (χ4v) is 3.70. The van der Waals surface area contributed by atoms with Crippen LogP contribution in [-0.2, 0) is 10.0 Å². The number of benzene rings is 1. The lowest BCUT2D eigenvalue weighted by atomic mass is 10.3. The molecule has 0 spiro atoms. The van der Waals surface area contributed by atoms with Crippen molar-refractivity contribution >= 4 is 22.4 Å². The fraction of sp³-hybridized carbons (Fsp3) is 0.500. The predicted octanol–water partition coefficient (Wildman–Crippen LogP) is 1.99. The molecule has 0 aliphatic carbocycles. The summed E-state index contributed by atoms with van der Waals surface area (Å²) in [6, 6.07) is 4.47. The van der Waals surface area contributed by atoms with E-state index in [4.69, 9.17) is 0 Å². The summed E-state index contributed by atoms with van der Waals surface area (Å²) in [6.45, 7) is 0.626. The lowest BCUT2D eigenvalue weighted by Gasteiger charge is -2.17. The molecule has 10 heteroatoms. The van der Waals surface area contributed by atoms with Gasteiger partial charge in [-0.3, -0.25) is 0 Å². The van der Waals surface area contributed by atoms with Crippen LogP contribution in [-0.4, -0.2) is 45.3 Å². The molecule has 1 saturated heterocycles. The van der Waals surface area contributed by atoms with Gasteiger partial charge in [-0.15, -0.1) is 25.6 Å². The second-order valence-electron chi connectivity index (χ2n) is 4.66. The average Bonchev–Trinajstić information content (AvgIpc) is 2.86. The van der Waals surface area contributed by atoms with Gasteiger partial charge in [0.15, 0.2) is 0 Å². The SMILES string of the molecule is CNC1CCN(S(=O)(=O)c2cccc(OC(F)(F)F)c2)C1.Cl. The maximum absolute atomic E-state index is 12.4. The van der Waals surface area contributed by atoms with E-state index in [1.165, 1.54) is 16.4 Å². The van der Waals surface area contributed by atoms with Crippen LogP contribution in [0.15, 0.2) is 29.2 Å². The van der Waals surface area contributed by atoms with Gasteiger partial charge in [0.05, 0.1) is 4.90 Å². The zero-order valence-electron chi connectivity index (χ0n) is 11.6. The zero-order chi connectivity index (χ0) is 15.7. The van der Waals surface area contributed by atoms with Crippen molar-refractivity contribution in [2.24, 2.45) is 0 Å². The highest BCUT2D eigenvalue weighted by Gasteiger charge is 2.34. The van der Waals surface area contributed by atoms with Gasteiger partial charge in [-0.2, -0.15) is 4.31 Å². The summed E-state index contributed by atoms with van der Waals surface area (Å²) in [5, 5.41) is 2.98. The van der Waals surface area contributed by atoms with Gasteiger partial charge < -0.3 is 10.1 Å². The van der Waals surface area contributed by atoms with E-state index < -0.39 is 22.1 Å². The molecule has 1 heterocycles. The third-order valence-corrected chi connectivity index (χ3v) is 5.10. The van der Waals surface area contributed by atoms with Gasteiger partial charge in [-0.25, -0.2) is 8.42 Å². The van der Waals surface area contributed by atoms with Crippen molar-refractivity contribution in [2.75, 3.05) is 20.1 Å². The van der Waals surface area contributed by atoms with E-state index in [0.717, 1.165) is 12.1 Å². The first kappa shape index (κ1) is 19.0. The number of nitrogens with zero attached hydrogens (tertiary/aromatic N) is 1. The summed E-state index contributed by atoms with van der Waals surface area (Å²) in [5.74, 6) is -0.548. The normalized spacial score (nSPS) is 19.7. The van der Waals surface area contributed by atoms with Crippen molar-refractivity contribution in [1.29, 1.82) is 0 Å². The van der Waals surface area contributed by atoms with Crippen molar-refractivity contribution in [2.45, 2.75) is 23.7 Å². The molecule has 22 heavy (non-hydrogen) atoms. The standard InChI is InChI=1S/C12H15F3N2O3S.ClH/c1-16-9-5-6-17(8-9)21(18,19)11-4-2-3-10(7-11)20-12(13,14)15;/h2-4,7,9,16H,5-6,8H2,1H3;1H. The van der Waals surface area contributed by atoms with Crippen molar-refractivity contribution in [1.82, 2.24) is 9.62 Å². The highest BCUT2D eigenvalue weighted by atomic mass is 35.5. The van der Waals surface area contributed by atoms with Crippen LogP contribution in [0.4, 0.5) is 13.2 Å². The molecular formula is C12H16ClF3N2O3S. The van der Waals surface area contributed by atoms with E-state index in [9.17, 15) is 21.6 Å². The van der Waals surface area contributed by atoms with Crippen LogP contribution in [0, 0.1) is 0 Å². The lowest BCUT2D eigenvalue weighted by molar-refractivity contribution is -0.274. The molecule has 1 aliphatic heterocycles. The van der Waals surface area contributed by atoms with Crippen LogP contribution in [0.3, 0.4) is 0 Å². The van der Waals surface area contributed by atoms with Crippen LogP contribution in [0.5, 0.6) is 5.75 Å². The summed E-state index contributed by atoms with van der Waals surface area (Å²) in [6.07, 6.45) is -4.19. The van der Waals surface area contributed by atoms with Crippen molar-refractivity contribution in [3.05, 3.63) is 24.3 Å². The minimum atomic E-state index is -4.85. The van der Waals surface area contributed by atoms with Gasteiger partial charge in [-0.1, -0.05) is 6.07 Å². The van der Waals surface area contributed by atoms with Crippen LogP contribution >= 0.6 is 12.4 Å². The summed E-state index contributed by atoms with van der Waals surface area (Å²) < 4.78 is 66.3. The number of alkyl halides is 3. The topological polar surface area (TPSA) is 58.6 Å². The minimum absolute atomic E-state index is 0. The molecule has 1 unspecified atom stereocenters. The Morgan fingerprint density at radius 2 is 2.05 bits per heavy atom. The molecule has 5 nitrogen and oxygen atoms in total. The number of halogens is 4. The largest absolute Gasteiger partial charge is 0.573 e. The fourth-order valence-electron chi connectivity index (χ4n) is 2.16. The van der Waals surface area contributed by atoms with Gasteiger partial charge >= 0.3 is 6.36 Å². The molecule has 126 valence electrons. The van der Waals surface area contributed by atoms with Gasteiger partial charge in [0.1, 0.15) is 5.75 Å². The Hall–Kier alpha value is -1.03. The molecule has 1 N–H and O–H groups in total. The number of hydrogen-bond donors (Lipinski definition) is 1. The summed E-state index contributed by atoms with van der Waals surface area (Å²) in [7, 11) is -2.08. The zero-order valence-corrected chi connectivity index (χ0v) is 13.3. The first-order valence-corrected chi connectivity index (χ1v) is 7.69. The Kier molecular flexibility index (Phi) is 6.08. The molecule has 1 aromatic carbocycles. The number of likely N-dealkylation sites (N-methyl/N-ethyl adjacent to an activating group) is 1. The van der Waals surface area contributed by atoms with Crippen LogP contribution in [0.1, 0.15) is 6.42 Å². The number of rotatable bonds is 4. The van der Waals surface area contributed by atoms with Crippen molar-refractivity contribution < 1.29 is 26.3 Å². The highest BCUT2D eigenvalue weighted by molar-refractivity contribution is 7.89. The Morgan fingerprint density at radius 3 is 2.59 bits per heavy atom. The second-order valence-corrected chi connectivity index (χ2v) is 6.60. The smallest absolute Gasteiger partial charge is 0.406 e. The van der Waals surface area contributed by atoms with Crippen LogP contribution in [0.2, 0.25) is 0 Å². The van der Waals surface area contributed by atoms with E-state index in [0.29, 0.717) is 19.5 Å². The Balaban J connectivity index is 0.00000242. The summed E-state index contributed by atoms with van der Waals surface area (Å²) >= 11 is 0. The molecule has 0 bridgehead atoms. The van der Waals surface area contributed by atoms with Gasteiger partial charge in [0, 0.05) is 25.2 Å². The molecule has 2 rings (SSSR count). The number of ether oxygens (including phenoxy) is 1. The molecule has 0 amide bonds. The summed E-state index contributed by atoms with van der Waals surface area (Å²) in [4.78, 5) is -0.207. The monoisotopic (exact) mass is 360 g/mol. The lowest BCUT2D eigenvalue weighted by Crippen LogP contribution is -2.33. The summed E-state index contributed by atoms with van der Waals surface area (Å²) in [5.41, 5.74) is 0. The van der Waals surface area contributed by atoms with E-state index >= 15 is 0 Å². The molecule has 1 atom stereocenters. The molecule has 0 saturated carbocycles. The quantitative estimate of drug-likeness (QED) is 0.892. The van der Waals surface area contributed by atoms with Gasteiger partial charge in [0.2, 0.25) is 10.0 Å². The Labute approximate surface area is 132 Å². The van der Waals surface area contributed by atoms with Crippen LogP contribution in [0.25, 0.3) is 0 Å². The molecule has 0 aromatic heterocycles. The van der Waals surface area contributed by atoms with E-state index in [2.05, 4.69) is 10.1 Å². The van der Waals surface area contributed by atoms with E-state index in [1.807, 2.05) is 0 Å². The molecule has 1 aliphatic rings. The molecule has 0 radical (unpaired) electrons. The van der Waals surface area contributed by atoms with Crippen molar-refractivity contribution in [3.63, 3.8) is 0 Å². The first-order chi connectivity index (χ1) is 9.72.